The van der Waals surface area contributed by atoms with E-state index < -0.39 is 0 Å². The highest BCUT2D eigenvalue weighted by atomic mass is 32.1. The summed E-state index contributed by atoms with van der Waals surface area (Å²) in [7, 11) is 0. The van der Waals surface area contributed by atoms with E-state index in [0.717, 1.165) is 153 Å². The SMILES string of the molecule is c1ccc(-c2ccc(-c3nc(-c4ccccc4)nc(-c4ccc5oc6c(-c7nc(-c8cccc(-c9ccc(-c%10nc(-c%11ccccc%11)nc(-c%11ccc%12oc%13c(-c%14nc(-c%15ccccc%15)nc%15c%14oc%14ccccc%14%15)cccc%13c%12c%11)n%10)cc9)c8)nc8c7sc7ccccc78)cccc6c5c4)n3)cc2)cc1. The number of nitrogens with zero attached hydrogens (tertiary/aromatic N) is 10. The molecule has 0 bridgehead atoms. The van der Waals surface area contributed by atoms with E-state index in [4.69, 9.17) is 63.1 Å². The molecule has 0 aliphatic rings. The van der Waals surface area contributed by atoms with Crippen LogP contribution in [0.5, 0.6) is 0 Å². The van der Waals surface area contributed by atoms with E-state index in [0.29, 0.717) is 69.0 Å². The Balaban J connectivity index is 0.624. The predicted octanol–water partition coefficient (Wildman–Crippen LogP) is 23.7. The molecule has 21 rings (SSSR count). The van der Waals surface area contributed by atoms with E-state index in [1.165, 1.54) is 0 Å². The fourth-order valence-corrected chi connectivity index (χ4v) is 15.6. The lowest BCUT2D eigenvalue weighted by Crippen LogP contribution is -2.00. The Morgan fingerprint density at radius 1 is 0.198 bits per heavy atom. The molecule has 0 N–H and O–H groups in total. The van der Waals surface area contributed by atoms with Crippen LogP contribution in [0.3, 0.4) is 0 Å². The molecule has 0 fully saturated rings. The van der Waals surface area contributed by atoms with Crippen molar-refractivity contribution in [2.45, 2.75) is 0 Å². The fourth-order valence-electron chi connectivity index (χ4n) is 14.4. The van der Waals surface area contributed by atoms with E-state index in [-0.39, 0.29) is 0 Å². The van der Waals surface area contributed by atoms with Gasteiger partial charge in [-0.2, -0.15) is 0 Å². The molecule has 0 saturated carbocycles. The van der Waals surface area contributed by atoms with Gasteiger partial charge in [-0.1, -0.05) is 243 Å². The second kappa shape index (κ2) is 24.7. The maximum atomic E-state index is 6.95. The molecule has 0 unspecified atom stereocenters. The molecule has 106 heavy (non-hydrogen) atoms. The van der Waals surface area contributed by atoms with Gasteiger partial charge in [0.1, 0.15) is 39.1 Å². The molecular formula is C92H52N10O3S. The summed E-state index contributed by atoms with van der Waals surface area (Å²) in [5, 5.41) is 5.65. The largest absolute Gasteiger partial charge is 0.455 e. The van der Waals surface area contributed by atoms with Crippen molar-refractivity contribution in [3.05, 3.63) is 315 Å². The van der Waals surface area contributed by atoms with E-state index in [1.54, 1.807) is 11.3 Å². The van der Waals surface area contributed by atoms with Crippen LogP contribution in [0.2, 0.25) is 0 Å². The Morgan fingerprint density at radius 2 is 0.538 bits per heavy atom. The smallest absolute Gasteiger partial charge is 0.180 e. The summed E-state index contributed by atoms with van der Waals surface area (Å²) in [6.07, 6.45) is 0. The van der Waals surface area contributed by atoms with Gasteiger partial charge in [0.05, 0.1) is 15.9 Å². The van der Waals surface area contributed by atoms with Gasteiger partial charge in [-0.25, -0.2) is 49.8 Å². The van der Waals surface area contributed by atoms with Gasteiger partial charge in [0.25, 0.3) is 0 Å². The number of thiophene rings is 1. The quantitative estimate of drug-likeness (QED) is 0.113. The highest BCUT2D eigenvalue weighted by Crippen LogP contribution is 2.46. The van der Waals surface area contributed by atoms with Crippen molar-refractivity contribution >= 4 is 97.6 Å². The molecule has 0 spiro atoms. The molecule has 0 atom stereocenters. The third kappa shape index (κ3) is 10.5. The Kier molecular flexibility index (Phi) is 14.1. The Bertz CT molecular complexity index is 7070. The van der Waals surface area contributed by atoms with Gasteiger partial charge < -0.3 is 13.3 Å². The van der Waals surface area contributed by atoms with Crippen LogP contribution in [0.25, 0.3) is 222 Å². The average Bonchev–Trinajstić information content (AvgIpc) is 1.56. The minimum Gasteiger partial charge on any atom is -0.455 e. The van der Waals surface area contributed by atoms with Gasteiger partial charge in [-0.05, 0) is 95.1 Å². The van der Waals surface area contributed by atoms with E-state index >= 15 is 0 Å². The summed E-state index contributed by atoms with van der Waals surface area (Å²) in [6.45, 7) is 0. The molecule has 8 heterocycles. The number of hydrogen-bond donors (Lipinski definition) is 0. The zero-order valence-electron chi connectivity index (χ0n) is 56.1. The van der Waals surface area contributed by atoms with Crippen molar-refractivity contribution in [3.8, 4) is 136 Å². The van der Waals surface area contributed by atoms with Crippen molar-refractivity contribution in [1.82, 2.24) is 49.8 Å². The lowest BCUT2D eigenvalue weighted by atomic mass is 10.0. The third-order valence-electron chi connectivity index (χ3n) is 19.7. The molecule has 21 aromatic rings. The summed E-state index contributed by atoms with van der Waals surface area (Å²) in [4.78, 5) is 52.0. The fraction of sp³-hybridized carbons (Fsp3) is 0. The highest BCUT2D eigenvalue weighted by Gasteiger charge is 2.26. The topological polar surface area (TPSA) is 168 Å². The van der Waals surface area contributed by atoms with Crippen LogP contribution in [0, 0.1) is 0 Å². The molecule has 0 radical (unpaired) electrons. The lowest BCUT2D eigenvalue weighted by Gasteiger charge is -2.10. The minimum atomic E-state index is 0.519. The Labute approximate surface area is 608 Å². The van der Waals surface area contributed by atoms with Gasteiger partial charge in [-0.15, -0.1) is 11.3 Å². The van der Waals surface area contributed by atoms with Gasteiger partial charge in [0, 0.05) is 92.7 Å². The molecular weight excluding hydrogens is 1330 g/mol. The first kappa shape index (κ1) is 60.4. The molecule has 0 aliphatic heterocycles. The van der Waals surface area contributed by atoms with Gasteiger partial charge in [0.2, 0.25) is 0 Å². The number of hydrogen-bond acceptors (Lipinski definition) is 14. The Morgan fingerprint density at radius 3 is 1.09 bits per heavy atom. The van der Waals surface area contributed by atoms with Crippen LogP contribution >= 0.6 is 11.3 Å². The lowest BCUT2D eigenvalue weighted by molar-refractivity contribution is 0.663. The van der Waals surface area contributed by atoms with Crippen molar-refractivity contribution in [1.29, 1.82) is 0 Å². The first-order valence-corrected chi connectivity index (χ1v) is 35.6. The van der Waals surface area contributed by atoms with Crippen molar-refractivity contribution in [2.24, 2.45) is 0 Å². The highest BCUT2D eigenvalue weighted by molar-refractivity contribution is 7.26. The summed E-state index contributed by atoms with van der Waals surface area (Å²) < 4.78 is 22.4. The molecule has 13 nitrogen and oxygen atoms in total. The van der Waals surface area contributed by atoms with Crippen molar-refractivity contribution in [2.75, 3.05) is 0 Å². The number of fused-ring (bicyclic) bond motifs is 12. The van der Waals surface area contributed by atoms with Crippen LogP contribution < -0.4 is 0 Å². The maximum absolute atomic E-state index is 6.95. The standard InChI is InChI=1S/C92H52N10O3S/c1-5-20-53(21-6-1)54-38-42-59(43-39-54)88-97-86(57-24-9-3-10-25-57)99-92(101-88)64-47-49-75-72(52-64)66-33-19-35-70(82(66)104-75)80-84-79(68-31-14-16-37-76(68)106-84)95-90(96-80)62-29-17-28-61(50-62)55-40-44-60(45-41-55)89-98-87(58-26-11-4-12-27-58)100-91(102-89)63-46-48-74-71(51-63)65-32-18-34-69(81(65)103-74)78-83-77(67-30-13-15-36-73(67)105-83)93-85(94-78)56-22-7-2-8-23-56/h1-52H. The molecule has 494 valence electrons. The number of furan rings is 3. The maximum Gasteiger partial charge on any atom is 0.180 e. The number of rotatable bonds is 12. The zero-order valence-corrected chi connectivity index (χ0v) is 56.9. The van der Waals surface area contributed by atoms with E-state index in [1.807, 2.05) is 158 Å². The second-order valence-corrected chi connectivity index (χ2v) is 27.2. The summed E-state index contributed by atoms with van der Waals surface area (Å²) in [6, 6.07) is 107. The van der Waals surface area contributed by atoms with E-state index in [9.17, 15) is 0 Å². The summed E-state index contributed by atoms with van der Waals surface area (Å²) >= 11 is 1.69. The van der Waals surface area contributed by atoms with Gasteiger partial charge >= 0.3 is 0 Å². The number of aromatic nitrogens is 10. The van der Waals surface area contributed by atoms with Crippen LogP contribution in [0.1, 0.15) is 0 Å². The molecule has 0 amide bonds. The molecule has 0 aliphatic carbocycles. The summed E-state index contributed by atoms with van der Waals surface area (Å²) in [5.74, 6) is 4.51. The second-order valence-electron chi connectivity index (χ2n) is 26.1. The van der Waals surface area contributed by atoms with Crippen LogP contribution in [0.4, 0.5) is 0 Å². The van der Waals surface area contributed by atoms with Crippen molar-refractivity contribution < 1.29 is 13.3 Å². The number of benzene rings is 13. The monoisotopic (exact) mass is 1380 g/mol. The van der Waals surface area contributed by atoms with Gasteiger partial charge in [-0.3, -0.25) is 0 Å². The Hall–Kier alpha value is -14.3. The first-order chi connectivity index (χ1) is 52.5. The third-order valence-corrected chi connectivity index (χ3v) is 20.8. The zero-order chi connectivity index (χ0) is 69.8. The molecule has 14 heteroatoms. The molecule has 0 saturated heterocycles. The van der Waals surface area contributed by atoms with Crippen LogP contribution in [-0.2, 0) is 0 Å². The van der Waals surface area contributed by atoms with Crippen LogP contribution in [0.15, 0.2) is 329 Å². The molecule has 13 aromatic carbocycles. The average molecular weight is 1380 g/mol. The first-order valence-electron chi connectivity index (χ1n) is 34.8. The van der Waals surface area contributed by atoms with Crippen LogP contribution in [-0.4, -0.2) is 49.8 Å². The normalized spacial score (nSPS) is 11.8. The minimum absolute atomic E-state index is 0.519. The van der Waals surface area contributed by atoms with E-state index in [2.05, 4.69) is 158 Å². The summed E-state index contributed by atoms with van der Waals surface area (Å²) in [5.41, 5.74) is 20.0. The number of para-hydroxylation sites is 3. The predicted molar refractivity (Wildman–Crippen MR) is 424 cm³/mol. The molecule has 8 aromatic heterocycles. The van der Waals surface area contributed by atoms with Gasteiger partial charge in [0.15, 0.2) is 52.2 Å². The van der Waals surface area contributed by atoms with Crippen molar-refractivity contribution in [3.63, 3.8) is 0 Å².